The normalized spacial score (nSPS) is 21.5. The molecule has 0 aromatic heterocycles. The van der Waals surface area contributed by atoms with E-state index in [4.69, 9.17) is 0 Å². The Morgan fingerprint density at radius 2 is 1.58 bits per heavy atom. The Kier molecular flexibility index (Phi) is 4.78. The summed E-state index contributed by atoms with van der Waals surface area (Å²) in [5, 5.41) is 19.4. The molecule has 2 aromatic carbocycles. The minimum atomic E-state index is -3.49. The molecule has 3 rings (SSSR count). The average Bonchev–Trinajstić information content (AvgIpc) is 2.56. The largest absolute Gasteiger partial charge is 0.508 e. The molecule has 0 radical (unpaired) electrons. The smallest absolute Gasteiger partial charge is 0.240 e. The number of aromatic hydroxyl groups is 2. The Labute approximate surface area is 142 Å². The lowest BCUT2D eigenvalue weighted by molar-refractivity contribution is 0.362. The van der Waals surface area contributed by atoms with Gasteiger partial charge >= 0.3 is 0 Å². The van der Waals surface area contributed by atoms with Crippen LogP contribution in [0, 0.1) is 0 Å². The minimum absolute atomic E-state index is 0.0422. The summed E-state index contributed by atoms with van der Waals surface area (Å²) in [5.74, 6) is 0.326. The van der Waals surface area contributed by atoms with E-state index in [-0.39, 0.29) is 28.4 Å². The van der Waals surface area contributed by atoms with Gasteiger partial charge in [-0.05, 0) is 55.4 Å². The number of sulfonamides is 1. The van der Waals surface area contributed by atoms with Crippen molar-refractivity contribution in [2.45, 2.75) is 42.5 Å². The summed E-state index contributed by atoms with van der Waals surface area (Å²) in [4.78, 5) is 0.281. The fourth-order valence-corrected chi connectivity index (χ4v) is 4.61. The molecule has 1 fully saturated rings. The van der Waals surface area contributed by atoms with Crippen LogP contribution in [0.15, 0.2) is 53.4 Å². The topological polar surface area (TPSA) is 86.6 Å². The van der Waals surface area contributed by atoms with Gasteiger partial charge in [0, 0.05) is 12.1 Å². The van der Waals surface area contributed by atoms with Crippen molar-refractivity contribution >= 4 is 10.0 Å². The van der Waals surface area contributed by atoms with Crippen molar-refractivity contribution in [3.63, 3.8) is 0 Å². The minimum Gasteiger partial charge on any atom is -0.508 e. The molecule has 0 bridgehead atoms. The van der Waals surface area contributed by atoms with Crippen molar-refractivity contribution in [3.05, 3.63) is 54.1 Å². The number of benzene rings is 2. The van der Waals surface area contributed by atoms with Crippen LogP contribution in [-0.4, -0.2) is 24.7 Å². The maximum absolute atomic E-state index is 12.4. The van der Waals surface area contributed by atoms with E-state index in [9.17, 15) is 18.6 Å². The van der Waals surface area contributed by atoms with Crippen molar-refractivity contribution in [1.29, 1.82) is 0 Å². The monoisotopic (exact) mass is 347 g/mol. The van der Waals surface area contributed by atoms with Crippen LogP contribution in [-0.2, 0) is 10.0 Å². The van der Waals surface area contributed by atoms with Crippen molar-refractivity contribution in [3.8, 4) is 11.5 Å². The predicted octanol–water partition coefficient (Wildman–Crippen LogP) is 3.10. The van der Waals surface area contributed by atoms with Crippen LogP contribution in [0.5, 0.6) is 11.5 Å². The molecular formula is C18H21NO4S. The van der Waals surface area contributed by atoms with Gasteiger partial charge in [-0.2, -0.15) is 0 Å². The average molecular weight is 347 g/mol. The maximum atomic E-state index is 12.4. The van der Waals surface area contributed by atoms with Crippen molar-refractivity contribution in [2.24, 2.45) is 0 Å². The second-order valence-corrected chi connectivity index (χ2v) is 7.94. The highest BCUT2D eigenvalue weighted by Crippen LogP contribution is 2.38. The first kappa shape index (κ1) is 16.8. The maximum Gasteiger partial charge on any atom is 0.240 e. The molecule has 0 spiro atoms. The number of nitrogens with one attached hydrogen (secondary N) is 1. The molecule has 1 saturated carbocycles. The first-order chi connectivity index (χ1) is 11.5. The lowest BCUT2D eigenvalue weighted by atomic mass is 9.81. The van der Waals surface area contributed by atoms with E-state index in [0.717, 1.165) is 31.2 Å². The number of phenols is 2. The van der Waals surface area contributed by atoms with Crippen LogP contribution in [0.3, 0.4) is 0 Å². The second-order valence-electron chi connectivity index (χ2n) is 6.23. The van der Waals surface area contributed by atoms with Gasteiger partial charge in [-0.3, -0.25) is 0 Å². The zero-order chi connectivity index (χ0) is 17.2. The molecule has 2 aromatic rings. The third-order valence-electron chi connectivity index (χ3n) is 4.56. The second kappa shape index (κ2) is 6.83. The first-order valence-corrected chi connectivity index (χ1v) is 9.53. The van der Waals surface area contributed by atoms with Crippen molar-refractivity contribution in [1.82, 2.24) is 4.72 Å². The third kappa shape index (κ3) is 3.71. The van der Waals surface area contributed by atoms with Gasteiger partial charge in [0.15, 0.2) is 0 Å². The van der Waals surface area contributed by atoms with Crippen LogP contribution in [0.4, 0.5) is 0 Å². The highest BCUT2D eigenvalue weighted by molar-refractivity contribution is 7.89. The zero-order valence-corrected chi connectivity index (χ0v) is 14.0. The Balaban J connectivity index is 1.63. The summed E-state index contributed by atoms with van der Waals surface area (Å²) in [7, 11) is -3.49. The van der Waals surface area contributed by atoms with Gasteiger partial charge in [0.25, 0.3) is 0 Å². The van der Waals surface area contributed by atoms with E-state index in [0.29, 0.717) is 0 Å². The molecule has 0 saturated heterocycles. The standard InChI is InChI=1S/C18H21NO4S/c20-15-10-11-17(18(21)12-15)13-6-8-14(9-7-13)19-24(22,23)16-4-2-1-3-5-16/h1-5,10-14,19-21H,6-9H2/t13-,14+. The fraction of sp³-hybridized carbons (Fsp3) is 0.333. The van der Waals surface area contributed by atoms with Crippen molar-refractivity contribution < 1.29 is 18.6 Å². The summed E-state index contributed by atoms with van der Waals surface area (Å²) in [6.07, 6.45) is 3.02. The Morgan fingerprint density at radius 3 is 2.21 bits per heavy atom. The fourth-order valence-electron chi connectivity index (χ4n) is 3.29. The molecule has 1 aliphatic rings. The van der Waals surface area contributed by atoms with Crippen LogP contribution in [0.1, 0.15) is 37.2 Å². The number of hydrogen-bond acceptors (Lipinski definition) is 4. The molecule has 24 heavy (non-hydrogen) atoms. The molecule has 0 unspecified atom stereocenters. The van der Waals surface area contributed by atoms with Crippen LogP contribution < -0.4 is 4.72 Å². The lowest BCUT2D eigenvalue weighted by Gasteiger charge is -2.29. The summed E-state index contributed by atoms with van der Waals surface area (Å²) < 4.78 is 27.5. The lowest BCUT2D eigenvalue weighted by Crippen LogP contribution is -2.37. The molecule has 0 atom stereocenters. The molecule has 6 heteroatoms. The van der Waals surface area contributed by atoms with Gasteiger partial charge in [0.2, 0.25) is 10.0 Å². The van der Waals surface area contributed by atoms with Crippen LogP contribution >= 0.6 is 0 Å². The molecule has 5 nitrogen and oxygen atoms in total. The van der Waals surface area contributed by atoms with Gasteiger partial charge in [-0.25, -0.2) is 13.1 Å². The number of hydrogen-bond donors (Lipinski definition) is 3. The van der Waals surface area contributed by atoms with E-state index < -0.39 is 10.0 Å². The molecule has 0 amide bonds. The van der Waals surface area contributed by atoms with Crippen molar-refractivity contribution in [2.75, 3.05) is 0 Å². The molecule has 128 valence electrons. The number of rotatable bonds is 4. The van der Waals surface area contributed by atoms with Gasteiger partial charge in [0.05, 0.1) is 4.90 Å². The molecule has 0 heterocycles. The zero-order valence-electron chi connectivity index (χ0n) is 13.2. The van der Waals surface area contributed by atoms with E-state index in [1.54, 1.807) is 42.5 Å². The van der Waals surface area contributed by atoms with E-state index >= 15 is 0 Å². The third-order valence-corrected chi connectivity index (χ3v) is 6.09. The number of phenolic OH excluding ortho intramolecular Hbond substituents is 2. The summed E-state index contributed by atoms with van der Waals surface area (Å²) in [6, 6.07) is 12.9. The highest BCUT2D eigenvalue weighted by Gasteiger charge is 2.27. The first-order valence-electron chi connectivity index (χ1n) is 8.05. The quantitative estimate of drug-likeness (QED) is 0.793. The summed E-state index contributed by atoms with van der Waals surface area (Å²) >= 11 is 0. The molecule has 3 N–H and O–H groups in total. The molecular weight excluding hydrogens is 326 g/mol. The Bertz CT molecular complexity index is 797. The molecule has 0 aliphatic heterocycles. The van der Waals surface area contributed by atoms with Crippen LogP contribution in [0.2, 0.25) is 0 Å². The molecule has 1 aliphatic carbocycles. The van der Waals surface area contributed by atoms with Gasteiger partial charge in [0.1, 0.15) is 11.5 Å². The Hall–Kier alpha value is -2.05. The summed E-state index contributed by atoms with van der Waals surface area (Å²) in [6.45, 7) is 0. The Morgan fingerprint density at radius 1 is 0.917 bits per heavy atom. The van der Waals surface area contributed by atoms with Gasteiger partial charge < -0.3 is 10.2 Å². The summed E-state index contributed by atoms with van der Waals surface area (Å²) in [5.41, 5.74) is 0.817. The van der Waals surface area contributed by atoms with E-state index in [1.807, 2.05) is 0 Å². The van der Waals surface area contributed by atoms with Crippen LogP contribution in [0.25, 0.3) is 0 Å². The van der Waals surface area contributed by atoms with Gasteiger partial charge in [-0.15, -0.1) is 0 Å². The highest BCUT2D eigenvalue weighted by atomic mass is 32.2. The van der Waals surface area contributed by atoms with E-state index in [1.165, 1.54) is 6.07 Å². The predicted molar refractivity (Wildman–Crippen MR) is 91.5 cm³/mol. The van der Waals surface area contributed by atoms with E-state index in [2.05, 4.69) is 4.72 Å². The van der Waals surface area contributed by atoms with Gasteiger partial charge in [-0.1, -0.05) is 24.3 Å². The SMILES string of the molecule is O=S(=O)(N[C@H]1CC[C@@H](c2ccc(O)cc2O)CC1)c1ccccc1.